The molecule has 2 aromatic rings. The second-order valence-electron chi connectivity index (χ2n) is 6.89. The van der Waals surface area contributed by atoms with Gasteiger partial charge >= 0.3 is 35.5 Å². The Morgan fingerprint density at radius 3 is 2.48 bits per heavy atom. The Morgan fingerprint density at radius 2 is 1.78 bits per heavy atom. The average molecular weight is 382 g/mol. The number of aromatic nitrogens is 1. The monoisotopic (exact) mass is 382 g/mol. The van der Waals surface area contributed by atoms with E-state index in [0.29, 0.717) is 6.42 Å². The fraction of sp³-hybridized carbons (Fsp3) is 0.524. The first-order valence-electron chi connectivity index (χ1n) is 9.69. The van der Waals surface area contributed by atoms with E-state index >= 15 is 0 Å². The van der Waals surface area contributed by atoms with Crippen LogP contribution in [0, 0.1) is 0 Å². The Morgan fingerprint density at radius 1 is 1.11 bits per heavy atom. The third-order valence-electron chi connectivity index (χ3n) is 4.74. The van der Waals surface area contributed by atoms with Crippen LogP contribution in [0.3, 0.4) is 0 Å². The Kier molecular flexibility index (Phi) is 11.4. The van der Waals surface area contributed by atoms with Crippen LogP contribution in [0.5, 0.6) is 0 Å². The molecule has 0 saturated heterocycles. The second kappa shape index (κ2) is 13.0. The van der Waals surface area contributed by atoms with Gasteiger partial charge in [0.05, 0.1) is 0 Å². The molecule has 0 aliphatic rings. The molecule has 0 aliphatic carbocycles. The summed E-state index contributed by atoms with van der Waals surface area (Å²) in [5, 5.41) is 13.1. The molecule has 0 spiro atoms. The van der Waals surface area contributed by atoms with Crippen molar-refractivity contribution in [2.45, 2.75) is 70.8 Å². The first-order chi connectivity index (χ1) is 12.6. The van der Waals surface area contributed by atoms with Crippen LogP contribution in [0.15, 0.2) is 30.5 Å². The fourth-order valence-corrected chi connectivity index (χ4v) is 3.23. The second-order valence-corrected chi connectivity index (χ2v) is 6.89. The minimum atomic E-state index is -0.997. The van der Waals surface area contributed by atoms with Gasteiger partial charge in [-0.3, -0.25) is 4.79 Å². The molecule has 1 amide bonds. The third kappa shape index (κ3) is 8.08. The number of aliphatic carboxylic acids is 1. The molecule has 3 N–H and O–H groups in total. The standard InChI is InChI=1S/C21H30N2O3.Na.H/c1-2-3-4-5-6-7-8-13-20(24)23-19(21(25)26)14-16-15-22-18-12-10-9-11-17(16)18;;/h9-12,15,19,22H,2-8,13-14H2,1H3,(H,23,24)(H,25,26);;/q;+1;-1/t19-;;/m0../s1. The zero-order chi connectivity index (χ0) is 18.8. The first-order valence-corrected chi connectivity index (χ1v) is 9.69. The summed E-state index contributed by atoms with van der Waals surface area (Å²) in [5.41, 5.74) is 1.88. The number of amides is 1. The number of benzene rings is 1. The van der Waals surface area contributed by atoms with Gasteiger partial charge < -0.3 is 16.8 Å². The zero-order valence-corrected chi connectivity index (χ0v) is 18.6. The van der Waals surface area contributed by atoms with Crippen molar-refractivity contribution in [3.05, 3.63) is 36.0 Å². The van der Waals surface area contributed by atoms with Gasteiger partial charge in [-0.05, 0) is 18.1 Å². The number of carbonyl (C=O) groups excluding carboxylic acids is 1. The number of H-pyrrole nitrogens is 1. The van der Waals surface area contributed by atoms with Crippen molar-refractivity contribution in [3.8, 4) is 0 Å². The van der Waals surface area contributed by atoms with E-state index in [2.05, 4.69) is 17.2 Å². The number of unbranched alkanes of at least 4 members (excludes halogenated alkanes) is 6. The molecule has 1 aromatic heterocycles. The van der Waals surface area contributed by atoms with Crippen molar-refractivity contribution in [1.82, 2.24) is 10.3 Å². The molecule has 0 saturated carbocycles. The number of carboxylic acids is 1. The summed E-state index contributed by atoms with van der Waals surface area (Å²) in [6.07, 6.45) is 10.5. The SMILES string of the molecule is CCCCCCCCCC(=O)N[C@@H](Cc1c[nH]c2ccccc12)C(=O)O.[H-].[Na+]. The Balaban J connectivity index is 0.00000364. The molecule has 27 heavy (non-hydrogen) atoms. The van der Waals surface area contributed by atoms with E-state index < -0.39 is 12.0 Å². The fourth-order valence-electron chi connectivity index (χ4n) is 3.23. The number of hydrogen-bond donors (Lipinski definition) is 3. The normalized spacial score (nSPS) is 11.7. The van der Waals surface area contributed by atoms with E-state index in [1.54, 1.807) is 0 Å². The molecule has 1 atom stereocenters. The van der Waals surface area contributed by atoms with Crippen LogP contribution in [0.1, 0.15) is 65.3 Å². The maximum absolute atomic E-state index is 12.1. The topological polar surface area (TPSA) is 82.2 Å². The van der Waals surface area contributed by atoms with Crippen LogP contribution in [0.4, 0.5) is 0 Å². The molecule has 0 radical (unpaired) electrons. The van der Waals surface area contributed by atoms with Crippen LogP contribution >= 0.6 is 0 Å². The molecule has 2 rings (SSSR count). The number of nitrogens with one attached hydrogen (secondary N) is 2. The number of fused-ring (bicyclic) bond motifs is 1. The maximum Gasteiger partial charge on any atom is 1.00 e. The van der Waals surface area contributed by atoms with Gasteiger partial charge in [0, 0.05) is 29.9 Å². The number of carboxylic acid groups (broad SMARTS) is 1. The van der Waals surface area contributed by atoms with Crippen molar-refractivity contribution in [1.29, 1.82) is 0 Å². The van der Waals surface area contributed by atoms with Crippen LogP contribution in [-0.4, -0.2) is 28.0 Å². The largest absolute Gasteiger partial charge is 1.00 e. The van der Waals surface area contributed by atoms with Gasteiger partial charge in [0.2, 0.25) is 5.91 Å². The first kappa shape index (κ1) is 23.7. The van der Waals surface area contributed by atoms with Gasteiger partial charge in [-0.1, -0.05) is 63.6 Å². The van der Waals surface area contributed by atoms with Gasteiger partial charge in [-0.25, -0.2) is 4.79 Å². The Hall–Kier alpha value is -1.30. The Bertz CT molecular complexity index is 720. The van der Waals surface area contributed by atoms with Gasteiger partial charge in [-0.15, -0.1) is 0 Å². The van der Waals surface area contributed by atoms with Crippen molar-refractivity contribution in [2.75, 3.05) is 0 Å². The number of rotatable bonds is 12. The van der Waals surface area contributed by atoms with E-state index in [1.807, 2.05) is 30.5 Å². The van der Waals surface area contributed by atoms with Crippen molar-refractivity contribution < 1.29 is 45.7 Å². The molecule has 1 heterocycles. The molecule has 0 bridgehead atoms. The average Bonchev–Trinajstić information content (AvgIpc) is 3.03. The van der Waals surface area contributed by atoms with E-state index in [4.69, 9.17) is 0 Å². The summed E-state index contributed by atoms with van der Waals surface area (Å²) in [6, 6.07) is 6.87. The summed E-state index contributed by atoms with van der Waals surface area (Å²) in [5.74, 6) is -1.17. The molecule has 5 nitrogen and oxygen atoms in total. The predicted molar refractivity (Wildman–Crippen MR) is 105 cm³/mol. The predicted octanol–water partition coefficient (Wildman–Crippen LogP) is 1.54. The molecular formula is C21H31N2NaO3. The van der Waals surface area contributed by atoms with E-state index in [0.717, 1.165) is 35.7 Å². The molecule has 0 fully saturated rings. The van der Waals surface area contributed by atoms with Crippen molar-refractivity contribution >= 4 is 22.8 Å². The van der Waals surface area contributed by atoms with Gasteiger partial charge in [-0.2, -0.15) is 0 Å². The number of para-hydroxylation sites is 1. The minimum Gasteiger partial charge on any atom is -1.00 e. The van der Waals surface area contributed by atoms with E-state index in [9.17, 15) is 14.7 Å². The van der Waals surface area contributed by atoms with Crippen LogP contribution in [0.25, 0.3) is 10.9 Å². The summed E-state index contributed by atoms with van der Waals surface area (Å²) < 4.78 is 0. The Labute approximate surface area is 185 Å². The summed E-state index contributed by atoms with van der Waals surface area (Å²) in [7, 11) is 0. The van der Waals surface area contributed by atoms with E-state index in [1.165, 1.54) is 25.7 Å². The quantitative estimate of drug-likeness (QED) is 0.385. The summed E-state index contributed by atoms with van der Waals surface area (Å²) in [6.45, 7) is 2.19. The molecule has 0 aliphatic heterocycles. The molecular weight excluding hydrogens is 351 g/mol. The smallest absolute Gasteiger partial charge is 1.00 e. The number of aromatic amines is 1. The van der Waals surface area contributed by atoms with E-state index in [-0.39, 0.29) is 43.3 Å². The summed E-state index contributed by atoms with van der Waals surface area (Å²) in [4.78, 5) is 26.8. The van der Waals surface area contributed by atoms with Gasteiger partial charge in [0.15, 0.2) is 0 Å². The van der Waals surface area contributed by atoms with Crippen LogP contribution < -0.4 is 34.9 Å². The third-order valence-corrected chi connectivity index (χ3v) is 4.74. The number of carbonyl (C=O) groups is 2. The molecule has 1 aromatic carbocycles. The maximum atomic E-state index is 12.1. The van der Waals surface area contributed by atoms with Crippen LogP contribution in [-0.2, 0) is 16.0 Å². The van der Waals surface area contributed by atoms with Gasteiger partial charge in [0.25, 0.3) is 0 Å². The van der Waals surface area contributed by atoms with Crippen LogP contribution in [0.2, 0.25) is 0 Å². The number of hydrogen-bond acceptors (Lipinski definition) is 2. The van der Waals surface area contributed by atoms with Crippen molar-refractivity contribution in [3.63, 3.8) is 0 Å². The zero-order valence-electron chi connectivity index (χ0n) is 17.6. The summed E-state index contributed by atoms with van der Waals surface area (Å²) >= 11 is 0. The minimum absolute atomic E-state index is 0. The van der Waals surface area contributed by atoms with Gasteiger partial charge in [0.1, 0.15) is 6.04 Å². The molecule has 6 heteroatoms. The molecule has 144 valence electrons. The van der Waals surface area contributed by atoms with Crippen molar-refractivity contribution in [2.24, 2.45) is 0 Å². The molecule has 0 unspecified atom stereocenters.